The molecule has 1 aromatic carbocycles. The van der Waals surface area contributed by atoms with Crippen molar-refractivity contribution in [2.75, 3.05) is 0 Å². The summed E-state index contributed by atoms with van der Waals surface area (Å²) in [6.07, 6.45) is -3.04. The van der Waals surface area contributed by atoms with Gasteiger partial charge in [0.2, 0.25) is 0 Å². The van der Waals surface area contributed by atoms with Gasteiger partial charge < -0.3 is 0 Å². The summed E-state index contributed by atoms with van der Waals surface area (Å²) < 4.78 is 38.0. The van der Waals surface area contributed by atoms with Crippen LogP contribution in [0, 0.1) is 12.8 Å². The van der Waals surface area contributed by atoms with Gasteiger partial charge in [0.05, 0.1) is 17.2 Å². The first-order valence-electron chi connectivity index (χ1n) is 5.11. The molecular formula is C12H10F3NO. The van der Waals surface area contributed by atoms with Crippen molar-refractivity contribution in [2.24, 2.45) is 10.9 Å². The van der Waals surface area contributed by atoms with E-state index in [4.69, 9.17) is 0 Å². The maximum atomic E-state index is 12.7. The Morgan fingerprint density at radius 1 is 1.29 bits per heavy atom. The number of hydrogen-bond donors (Lipinski definition) is 0. The van der Waals surface area contributed by atoms with E-state index < -0.39 is 11.7 Å². The van der Waals surface area contributed by atoms with Gasteiger partial charge >= 0.3 is 6.18 Å². The van der Waals surface area contributed by atoms with E-state index in [0.717, 1.165) is 6.07 Å². The lowest BCUT2D eigenvalue weighted by Gasteiger charge is -2.17. The highest BCUT2D eigenvalue weighted by Gasteiger charge is 2.34. The summed E-state index contributed by atoms with van der Waals surface area (Å²) in [7, 11) is 0. The number of alkyl halides is 3. The van der Waals surface area contributed by atoms with E-state index >= 15 is 0 Å². The topological polar surface area (TPSA) is 29.4 Å². The fraction of sp³-hybridized carbons (Fsp3) is 0.333. The highest BCUT2D eigenvalue weighted by atomic mass is 19.4. The van der Waals surface area contributed by atoms with Crippen LogP contribution in [0.25, 0.3) is 0 Å². The number of carbonyl (C=O) groups is 1. The minimum Gasteiger partial charge on any atom is -0.293 e. The lowest BCUT2D eigenvalue weighted by Crippen LogP contribution is -2.18. The summed E-state index contributed by atoms with van der Waals surface area (Å²) in [6.45, 7) is 3.02. The van der Waals surface area contributed by atoms with Crippen LogP contribution in [0.3, 0.4) is 0 Å². The van der Waals surface area contributed by atoms with Crippen molar-refractivity contribution >= 4 is 17.7 Å². The lowest BCUT2D eigenvalue weighted by atomic mass is 9.92. The third-order valence-corrected chi connectivity index (χ3v) is 2.76. The van der Waals surface area contributed by atoms with Crippen LogP contribution < -0.4 is 0 Å². The molecule has 1 aliphatic heterocycles. The molecule has 0 saturated heterocycles. The van der Waals surface area contributed by atoms with Crippen molar-refractivity contribution in [3.05, 3.63) is 28.8 Å². The first kappa shape index (κ1) is 11.8. The molecule has 0 fully saturated rings. The SMILES string of the molecule is Cc1cc2c(cc1C(F)(F)F)N=CC(C)C2=O. The second kappa shape index (κ2) is 3.68. The Morgan fingerprint density at radius 2 is 1.94 bits per heavy atom. The molecule has 90 valence electrons. The molecule has 0 aromatic heterocycles. The second-order valence-corrected chi connectivity index (χ2v) is 4.11. The smallest absolute Gasteiger partial charge is 0.293 e. The summed E-state index contributed by atoms with van der Waals surface area (Å²) in [6, 6.07) is 2.21. The van der Waals surface area contributed by atoms with Crippen molar-refractivity contribution < 1.29 is 18.0 Å². The molecule has 1 unspecified atom stereocenters. The van der Waals surface area contributed by atoms with Crippen LogP contribution in [0.1, 0.15) is 28.4 Å². The Hall–Kier alpha value is -1.65. The van der Waals surface area contributed by atoms with Gasteiger partial charge in [0.25, 0.3) is 0 Å². The highest BCUT2D eigenvalue weighted by molar-refractivity contribution is 6.12. The molecule has 0 bridgehead atoms. The summed E-state index contributed by atoms with van der Waals surface area (Å²) in [5.74, 6) is -0.564. The molecule has 0 radical (unpaired) electrons. The van der Waals surface area contributed by atoms with E-state index in [0.29, 0.717) is 0 Å². The van der Waals surface area contributed by atoms with Gasteiger partial charge in [-0.3, -0.25) is 9.79 Å². The normalized spacial score (nSPS) is 19.4. The first-order chi connectivity index (χ1) is 7.80. The molecule has 1 aromatic rings. The maximum absolute atomic E-state index is 12.7. The lowest BCUT2D eigenvalue weighted by molar-refractivity contribution is -0.138. The predicted molar refractivity (Wildman–Crippen MR) is 57.8 cm³/mol. The van der Waals surface area contributed by atoms with Crippen molar-refractivity contribution in [1.29, 1.82) is 0 Å². The summed E-state index contributed by atoms with van der Waals surface area (Å²) >= 11 is 0. The molecule has 1 heterocycles. The Labute approximate surface area is 96.2 Å². The fourth-order valence-electron chi connectivity index (χ4n) is 1.81. The molecule has 2 nitrogen and oxygen atoms in total. The number of benzene rings is 1. The van der Waals surface area contributed by atoms with E-state index in [1.54, 1.807) is 6.92 Å². The zero-order chi connectivity index (χ0) is 12.8. The van der Waals surface area contributed by atoms with Crippen molar-refractivity contribution in [3.8, 4) is 0 Å². The molecule has 0 aliphatic carbocycles. The van der Waals surface area contributed by atoms with Crippen molar-refractivity contribution in [1.82, 2.24) is 0 Å². The van der Waals surface area contributed by atoms with Crippen molar-refractivity contribution in [3.63, 3.8) is 0 Å². The van der Waals surface area contributed by atoms with Gasteiger partial charge in [-0.15, -0.1) is 0 Å². The van der Waals surface area contributed by atoms with Gasteiger partial charge in [0.15, 0.2) is 5.78 Å². The van der Waals surface area contributed by atoms with Crippen LogP contribution >= 0.6 is 0 Å². The molecule has 1 aliphatic rings. The molecule has 5 heteroatoms. The molecule has 0 N–H and O–H groups in total. The Kier molecular flexibility index (Phi) is 2.56. The monoisotopic (exact) mass is 241 g/mol. The minimum absolute atomic E-state index is 0.0499. The second-order valence-electron chi connectivity index (χ2n) is 4.11. The molecule has 17 heavy (non-hydrogen) atoms. The van der Waals surface area contributed by atoms with Crippen LogP contribution in [0.2, 0.25) is 0 Å². The highest BCUT2D eigenvalue weighted by Crippen LogP contribution is 2.37. The largest absolute Gasteiger partial charge is 0.416 e. The van der Waals surface area contributed by atoms with Gasteiger partial charge in [-0.1, -0.05) is 6.92 Å². The maximum Gasteiger partial charge on any atom is 0.416 e. The minimum atomic E-state index is -4.42. The Bertz CT molecular complexity index is 517. The van der Waals surface area contributed by atoms with E-state index in [2.05, 4.69) is 4.99 Å². The predicted octanol–water partition coefficient (Wildman–Crippen LogP) is 3.55. The van der Waals surface area contributed by atoms with Crippen LogP contribution in [0.5, 0.6) is 0 Å². The molecule has 0 amide bonds. The van der Waals surface area contributed by atoms with E-state index in [-0.39, 0.29) is 28.5 Å². The van der Waals surface area contributed by atoms with Gasteiger partial charge in [0, 0.05) is 11.8 Å². The van der Waals surface area contributed by atoms with Crippen LogP contribution in [0.15, 0.2) is 17.1 Å². The molecular weight excluding hydrogens is 231 g/mol. The third-order valence-electron chi connectivity index (χ3n) is 2.76. The van der Waals surface area contributed by atoms with Crippen LogP contribution in [0.4, 0.5) is 18.9 Å². The Balaban J connectivity index is 2.62. The fourth-order valence-corrected chi connectivity index (χ4v) is 1.81. The van der Waals surface area contributed by atoms with E-state index in [1.165, 1.54) is 19.2 Å². The number of aryl methyl sites for hydroxylation is 1. The summed E-state index contributed by atoms with van der Waals surface area (Å²) in [5.41, 5.74) is -0.318. The quantitative estimate of drug-likeness (QED) is 0.683. The number of nitrogens with zero attached hydrogens (tertiary/aromatic N) is 1. The number of carbonyl (C=O) groups excluding carboxylic acids is 1. The molecule has 2 rings (SSSR count). The number of rotatable bonds is 0. The number of fused-ring (bicyclic) bond motifs is 1. The number of aliphatic imine (C=N–C) groups is 1. The number of hydrogen-bond acceptors (Lipinski definition) is 2. The van der Waals surface area contributed by atoms with E-state index in [9.17, 15) is 18.0 Å². The molecule has 0 spiro atoms. The number of halogens is 3. The number of ketones is 1. The summed E-state index contributed by atoms with van der Waals surface area (Å²) in [4.78, 5) is 15.7. The van der Waals surface area contributed by atoms with Crippen molar-refractivity contribution in [2.45, 2.75) is 20.0 Å². The van der Waals surface area contributed by atoms with Gasteiger partial charge in [-0.2, -0.15) is 13.2 Å². The molecule has 0 saturated carbocycles. The van der Waals surface area contributed by atoms with Gasteiger partial charge in [-0.25, -0.2) is 0 Å². The average molecular weight is 241 g/mol. The standard InChI is InChI=1S/C12H10F3NO/c1-6-3-8-10(4-9(6)12(13,14)15)16-5-7(2)11(8)17/h3-5,7H,1-2H3. The summed E-state index contributed by atoms with van der Waals surface area (Å²) in [5, 5.41) is 0. The van der Waals surface area contributed by atoms with Gasteiger partial charge in [0.1, 0.15) is 0 Å². The Morgan fingerprint density at radius 3 is 2.53 bits per heavy atom. The molecule has 1 atom stereocenters. The van der Waals surface area contributed by atoms with Gasteiger partial charge in [-0.05, 0) is 24.6 Å². The van der Waals surface area contributed by atoms with Crippen LogP contribution in [-0.2, 0) is 6.18 Å². The first-order valence-corrected chi connectivity index (χ1v) is 5.11. The number of Topliss-reactive ketones (excluding diaryl/α,β-unsaturated/α-hetero) is 1. The zero-order valence-corrected chi connectivity index (χ0v) is 9.30. The van der Waals surface area contributed by atoms with E-state index in [1.807, 2.05) is 0 Å². The van der Waals surface area contributed by atoms with Crippen LogP contribution in [-0.4, -0.2) is 12.0 Å². The average Bonchev–Trinajstić information content (AvgIpc) is 2.22. The third kappa shape index (κ3) is 1.97. The zero-order valence-electron chi connectivity index (χ0n) is 9.30.